The van der Waals surface area contributed by atoms with Crippen LogP contribution in [-0.2, 0) is 0 Å². The Kier molecular flexibility index (Phi) is 2.29. The molecule has 3 rings (SSSR count). The zero-order chi connectivity index (χ0) is 11.0. The molecule has 2 heterocycles. The number of rotatable bonds is 1. The van der Waals surface area contributed by atoms with Crippen LogP contribution in [0.1, 0.15) is 5.56 Å². The monoisotopic (exact) mass is 217 g/mol. The molecule has 84 valence electrons. The topological polar surface area (TPSA) is 41.3 Å². The number of anilines is 1. The SMILES string of the molecule is Cc1ccc2noc(N3CCNCC3)c2c1. The van der Waals surface area contributed by atoms with E-state index in [1.807, 2.05) is 6.07 Å². The largest absolute Gasteiger partial charge is 0.338 e. The smallest absolute Gasteiger partial charge is 0.235 e. The molecule has 1 aliphatic heterocycles. The third kappa shape index (κ3) is 1.55. The highest BCUT2D eigenvalue weighted by molar-refractivity contribution is 5.89. The summed E-state index contributed by atoms with van der Waals surface area (Å²) in [6.07, 6.45) is 0. The van der Waals surface area contributed by atoms with Crippen LogP contribution >= 0.6 is 0 Å². The second-order valence-corrected chi connectivity index (χ2v) is 4.25. The molecule has 0 bridgehead atoms. The number of hydrogen-bond donors (Lipinski definition) is 1. The highest BCUT2D eigenvalue weighted by Crippen LogP contribution is 2.27. The minimum Gasteiger partial charge on any atom is -0.338 e. The molecule has 0 unspecified atom stereocenters. The molecular weight excluding hydrogens is 202 g/mol. The second-order valence-electron chi connectivity index (χ2n) is 4.25. The van der Waals surface area contributed by atoms with Crippen molar-refractivity contribution in [2.24, 2.45) is 0 Å². The number of hydrogen-bond acceptors (Lipinski definition) is 4. The van der Waals surface area contributed by atoms with E-state index in [0.29, 0.717) is 0 Å². The molecular formula is C12H15N3O. The summed E-state index contributed by atoms with van der Waals surface area (Å²) in [6, 6.07) is 6.22. The summed E-state index contributed by atoms with van der Waals surface area (Å²) in [5.41, 5.74) is 2.19. The number of nitrogens with zero attached hydrogens (tertiary/aromatic N) is 2. The lowest BCUT2D eigenvalue weighted by molar-refractivity contribution is 0.414. The molecule has 4 nitrogen and oxygen atoms in total. The van der Waals surface area contributed by atoms with Crippen molar-refractivity contribution in [2.75, 3.05) is 31.1 Å². The molecule has 1 aliphatic rings. The van der Waals surface area contributed by atoms with Crippen molar-refractivity contribution in [1.82, 2.24) is 10.5 Å². The Morgan fingerprint density at radius 3 is 2.94 bits per heavy atom. The van der Waals surface area contributed by atoms with E-state index >= 15 is 0 Å². The van der Waals surface area contributed by atoms with Crippen LogP contribution in [0.25, 0.3) is 10.9 Å². The molecule has 2 aromatic rings. The van der Waals surface area contributed by atoms with Crippen molar-refractivity contribution < 1.29 is 4.52 Å². The van der Waals surface area contributed by atoms with Gasteiger partial charge < -0.3 is 14.7 Å². The highest BCUT2D eigenvalue weighted by atomic mass is 16.5. The predicted octanol–water partition coefficient (Wildman–Crippen LogP) is 1.55. The summed E-state index contributed by atoms with van der Waals surface area (Å²) in [5, 5.41) is 8.56. The molecule has 0 aliphatic carbocycles. The van der Waals surface area contributed by atoms with Crippen molar-refractivity contribution >= 4 is 16.8 Å². The van der Waals surface area contributed by atoms with Gasteiger partial charge in [0.2, 0.25) is 5.88 Å². The van der Waals surface area contributed by atoms with Crippen molar-refractivity contribution in [1.29, 1.82) is 0 Å². The van der Waals surface area contributed by atoms with Gasteiger partial charge in [0.05, 0.1) is 5.39 Å². The lowest BCUT2D eigenvalue weighted by atomic mass is 10.1. The molecule has 0 spiro atoms. The molecule has 16 heavy (non-hydrogen) atoms. The minimum atomic E-state index is 0.917. The average molecular weight is 217 g/mol. The second kappa shape index (κ2) is 3.79. The molecule has 4 heteroatoms. The van der Waals surface area contributed by atoms with Crippen molar-refractivity contribution in [3.05, 3.63) is 23.8 Å². The number of aromatic nitrogens is 1. The van der Waals surface area contributed by atoms with E-state index < -0.39 is 0 Å². The van der Waals surface area contributed by atoms with Gasteiger partial charge in [-0.3, -0.25) is 0 Å². The van der Waals surface area contributed by atoms with Crippen molar-refractivity contribution in [2.45, 2.75) is 6.92 Å². The van der Waals surface area contributed by atoms with Crippen LogP contribution in [0, 0.1) is 6.92 Å². The van der Waals surface area contributed by atoms with Gasteiger partial charge in [-0.2, -0.15) is 0 Å². The minimum absolute atomic E-state index is 0.917. The summed E-state index contributed by atoms with van der Waals surface area (Å²) >= 11 is 0. The van der Waals surface area contributed by atoms with E-state index in [-0.39, 0.29) is 0 Å². The lowest BCUT2D eigenvalue weighted by Gasteiger charge is -2.26. The Labute approximate surface area is 94.2 Å². The molecule has 1 aromatic heterocycles. The summed E-state index contributed by atoms with van der Waals surface area (Å²) in [6.45, 7) is 6.08. The molecule has 0 saturated carbocycles. The molecule has 0 radical (unpaired) electrons. The van der Waals surface area contributed by atoms with Gasteiger partial charge in [-0.25, -0.2) is 0 Å². The quantitative estimate of drug-likeness (QED) is 0.786. The van der Waals surface area contributed by atoms with Gasteiger partial charge in [0.1, 0.15) is 5.52 Å². The molecule has 1 aromatic carbocycles. The van der Waals surface area contributed by atoms with E-state index in [1.54, 1.807) is 0 Å². The number of piperazine rings is 1. The number of nitrogens with one attached hydrogen (secondary N) is 1. The van der Waals surface area contributed by atoms with E-state index in [2.05, 4.69) is 34.4 Å². The van der Waals surface area contributed by atoms with Crippen LogP contribution in [-0.4, -0.2) is 31.3 Å². The Bertz CT molecular complexity index is 500. The Balaban J connectivity index is 2.05. The van der Waals surface area contributed by atoms with E-state index in [4.69, 9.17) is 4.52 Å². The van der Waals surface area contributed by atoms with Crippen LogP contribution in [0.4, 0.5) is 5.88 Å². The number of fused-ring (bicyclic) bond motifs is 1. The van der Waals surface area contributed by atoms with E-state index in [1.165, 1.54) is 5.56 Å². The van der Waals surface area contributed by atoms with Crippen molar-refractivity contribution in [3.63, 3.8) is 0 Å². The first kappa shape index (κ1) is 9.66. The van der Waals surface area contributed by atoms with Crippen LogP contribution in [0.15, 0.2) is 22.7 Å². The molecule has 0 atom stereocenters. The van der Waals surface area contributed by atoms with E-state index in [0.717, 1.165) is 43.0 Å². The Morgan fingerprint density at radius 2 is 2.12 bits per heavy atom. The fourth-order valence-corrected chi connectivity index (χ4v) is 2.14. The van der Waals surface area contributed by atoms with Crippen LogP contribution in [0.3, 0.4) is 0 Å². The summed E-state index contributed by atoms with van der Waals surface area (Å²) in [4.78, 5) is 2.26. The first-order chi connectivity index (χ1) is 7.84. The van der Waals surface area contributed by atoms with Crippen LogP contribution in [0.5, 0.6) is 0 Å². The lowest BCUT2D eigenvalue weighted by Crippen LogP contribution is -2.43. The zero-order valence-corrected chi connectivity index (χ0v) is 9.36. The van der Waals surface area contributed by atoms with Gasteiger partial charge in [-0.15, -0.1) is 0 Å². The van der Waals surface area contributed by atoms with Gasteiger partial charge >= 0.3 is 0 Å². The maximum absolute atomic E-state index is 5.46. The number of benzene rings is 1. The molecule has 1 N–H and O–H groups in total. The van der Waals surface area contributed by atoms with Gasteiger partial charge in [0.15, 0.2) is 0 Å². The summed E-state index contributed by atoms with van der Waals surface area (Å²) in [5.74, 6) is 0.917. The average Bonchev–Trinajstić information content (AvgIpc) is 2.73. The van der Waals surface area contributed by atoms with Gasteiger partial charge in [0.25, 0.3) is 0 Å². The third-order valence-electron chi connectivity index (χ3n) is 3.02. The maximum Gasteiger partial charge on any atom is 0.235 e. The molecule has 0 amide bonds. The van der Waals surface area contributed by atoms with Gasteiger partial charge in [-0.05, 0) is 19.1 Å². The summed E-state index contributed by atoms with van der Waals surface area (Å²) < 4.78 is 5.46. The Hall–Kier alpha value is -1.55. The normalized spacial score (nSPS) is 16.9. The fourth-order valence-electron chi connectivity index (χ4n) is 2.14. The Morgan fingerprint density at radius 1 is 1.31 bits per heavy atom. The highest BCUT2D eigenvalue weighted by Gasteiger charge is 2.17. The first-order valence-electron chi connectivity index (χ1n) is 5.66. The van der Waals surface area contributed by atoms with Gasteiger partial charge in [-0.1, -0.05) is 16.8 Å². The van der Waals surface area contributed by atoms with E-state index in [9.17, 15) is 0 Å². The van der Waals surface area contributed by atoms with Crippen LogP contribution in [0.2, 0.25) is 0 Å². The zero-order valence-electron chi connectivity index (χ0n) is 9.36. The summed E-state index contributed by atoms with van der Waals surface area (Å²) in [7, 11) is 0. The van der Waals surface area contributed by atoms with Gasteiger partial charge in [0, 0.05) is 26.2 Å². The maximum atomic E-state index is 5.46. The number of aryl methyl sites for hydroxylation is 1. The first-order valence-corrected chi connectivity index (χ1v) is 5.66. The van der Waals surface area contributed by atoms with Crippen molar-refractivity contribution in [3.8, 4) is 0 Å². The predicted molar refractivity (Wildman–Crippen MR) is 63.8 cm³/mol. The standard InChI is InChI=1S/C12H15N3O/c1-9-2-3-11-10(8-9)12(16-14-11)15-6-4-13-5-7-15/h2-3,8,13H,4-7H2,1H3. The molecule has 1 saturated heterocycles. The third-order valence-corrected chi connectivity index (χ3v) is 3.02. The molecule has 1 fully saturated rings. The fraction of sp³-hybridized carbons (Fsp3) is 0.417. The van der Waals surface area contributed by atoms with Crippen LogP contribution < -0.4 is 10.2 Å².